The maximum absolute atomic E-state index is 10.9. The normalized spacial score (nSPS) is 18.9. The average Bonchev–Trinajstić information content (AvgIpc) is 2.53. The molecule has 2 unspecified atom stereocenters. The number of fused-ring (bicyclic) bond motifs is 1. The Hall–Kier alpha value is -1.87. The first-order valence-electron chi connectivity index (χ1n) is 7.47. The number of nitrogens with zero attached hydrogens (tertiary/aromatic N) is 1. The lowest BCUT2D eigenvalue weighted by molar-refractivity contribution is 0.130. The molecule has 0 saturated heterocycles. The summed E-state index contributed by atoms with van der Waals surface area (Å²) in [6.07, 6.45) is 4.35. The zero-order valence-corrected chi connectivity index (χ0v) is 12.5. The van der Waals surface area contributed by atoms with Gasteiger partial charge in [0, 0.05) is 23.4 Å². The van der Waals surface area contributed by atoms with E-state index in [1.54, 1.807) is 7.11 Å². The fraction of sp³-hybridized carbons (Fsp3) is 0.389. The van der Waals surface area contributed by atoms with E-state index in [0.29, 0.717) is 0 Å². The third-order valence-corrected chi connectivity index (χ3v) is 4.32. The van der Waals surface area contributed by atoms with Gasteiger partial charge in [0.2, 0.25) is 0 Å². The van der Waals surface area contributed by atoms with Crippen molar-refractivity contribution in [3.8, 4) is 5.75 Å². The second-order valence-electron chi connectivity index (χ2n) is 5.74. The van der Waals surface area contributed by atoms with E-state index in [1.165, 1.54) is 5.56 Å². The van der Waals surface area contributed by atoms with Crippen molar-refractivity contribution >= 4 is 0 Å². The van der Waals surface area contributed by atoms with E-state index < -0.39 is 6.10 Å². The molecule has 0 aliphatic heterocycles. The van der Waals surface area contributed by atoms with Gasteiger partial charge in [0.05, 0.1) is 13.2 Å². The number of aliphatic hydroxyl groups excluding tert-OH is 1. The summed E-state index contributed by atoms with van der Waals surface area (Å²) in [6, 6.07) is 10.0. The number of aliphatic hydroxyl groups is 1. The van der Waals surface area contributed by atoms with Crippen LogP contribution in [0.2, 0.25) is 0 Å². The summed E-state index contributed by atoms with van der Waals surface area (Å²) >= 11 is 0. The lowest BCUT2D eigenvalue weighted by atomic mass is 9.80. The Morgan fingerprint density at radius 1 is 1.33 bits per heavy atom. The Labute approximate surface area is 125 Å². The standard InChI is InChI=1S/C18H21NO2/c1-12-8-9-16(21-2)15(11-12)18(20)14-7-3-5-13-6-4-10-19-17(13)14/h4,6,8-11,14,18,20H,3,5,7H2,1-2H3. The number of aromatic nitrogens is 1. The fourth-order valence-corrected chi connectivity index (χ4v) is 3.25. The summed E-state index contributed by atoms with van der Waals surface area (Å²) in [6.45, 7) is 2.03. The smallest absolute Gasteiger partial charge is 0.124 e. The first kappa shape index (κ1) is 14.1. The minimum Gasteiger partial charge on any atom is -0.496 e. The van der Waals surface area contributed by atoms with E-state index >= 15 is 0 Å². The molecule has 3 heteroatoms. The number of hydrogen-bond acceptors (Lipinski definition) is 3. The van der Waals surface area contributed by atoms with Gasteiger partial charge in [-0.1, -0.05) is 17.7 Å². The zero-order valence-electron chi connectivity index (χ0n) is 12.5. The predicted octanol–water partition coefficient (Wildman–Crippen LogP) is 3.55. The van der Waals surface area contributed by atoms with Crippen LogP contribution in [0.15, 0.2) is 36.5 Å². The van der Waals surface area contributed by atoms with Gasteiger partial charge in [-0.25, -0.2) is 0 Å². The highest BCUT2D eigenvalue weighted by atomic mass is 16.5. The number of pyridine rings is 1. The second-order valence-corrected chi connectivity index (χ2v) is 5.74. The van der Waals surface area contributed by atoms with E-state index in [9.17, 15) is 5.11 Å². The van der Waals surface area contributed by atoms with Gasteiger partial charge in [-0.3, -0.25) is 4.98 Å². The van der Waals surface area contributed by atoms with Crippen LogP contribution in [0.5, 0.6) is 5.75 Å². The summed E-state index contributed by atoms with van der Waals surface area (Å²) in [7, 11) is 1.65. The molecule has 1 N–H and O–H groups in total. The average molecular weight is 283 g/mol. The Morgan fingerprint density at radius 2 is 2.19 bits per heavy atom. The van der Waals surface area contributed by atoms with Gasteiger partial charge in [-0.05, 0) is 49.9 Å². The van der Waals surface area contributed by atoms with Crippen LogP contribution < -0.4 is 4.74 Å². The third-order valence-electron chi connectivity index (χ3n) is 4.32. The predicted molar refractivity (Wildman–Crippen MR) is 82.6 cm³/mol. The molecule has 2 atom stereocenters. The lowest BCUT2D eigenvalue weighted by Gasteiger charge is -2.29. The summed E-state index contributed by atoms with van der Waals surface area (Å²) in [5.41, 5.74) is 4.29. The van der Waals surface area contributed by atoms with Crippen LogP contribution in [0.4, 0.5) is 0 Å². The monoisotopic (exact) mass is 283 g/mol. The molecule has 21 heavy (non-hydrogen) atoms. The number of ether oxygens (including phenoxy) is 1. The minimum absolute atomic E-state index is 0.0469. The van der Waals surface area contributed by atoms with Crippen molar-refractivity contribution in [2.24, 2.45) is 0 Å². The number of aryl methyl sites for hydroxylation is 2. The molecule has 1 aromatic heterocycles. The van der Waals surface area contributed by atoms with Gasteiger partial charge >= 0.3 is 0 Å². The molecule has 0 fully saturated rings. The molecule has 0 bridgehead atoms. The fourth-order valence-electron chi connectivity index (χ4n) is 3.25. The van der Waals surface area contributed by atoms with E-state index in [4.69, 9.17) is 4.74 Å². The van der Waals surface area contributed by atoms with Crippen LogP contribution in [0.3, 0.4) is 0 Å². The molecular weight excluding hydrogens is 262 g/mol. The van der Waals surface area contributed by atoms with E-state index in [-0.39, 0.29) is 5.92 Å². The van der Waals surface area contributed by atoms with Crippen molar-refractivity contribution in [1.82, 2.24) is 4.98 Å². The molecule has 0 spiro atoms. The first-order valence-corrected chi connectivity index (χ1v) is 7.47. The Balaban J connectivity index is 2.00. The van der Waals surface area contributed by atoms with Crippen LogP contribution >= 0.6 is 0 Å². The molecule has 3 rings (SSSR count). The third kappa shape index (κ3) is 2.66. The molecule has 3 nitrogen and oxygen atoms in total. The number of benzene rings is 1. The van der Waals surface area contributed by atoms with E-state index in [1.807, 2.05) is 37.4 Å². The molecule has 1 aliphatic rings. The summed E-state index contributed by atoms with van der Waals surface area (Å²) in [4.78, 5) is 4.52. The Kier molecular flexibility index (Phi) is 3.93. The highest BCUT2D eigenvalue weighted by Gasteiger charge is 2.30. The summed E-state index contributed by atoms with van der Waals surface area (Å²) < 4.78 is 5.42. The van der Waals surface area contributed by atoms with Gasteiger partial charge in [0.1, 0.15) is 5.75 Å². The second kappa shape index (κ2) is 5.86. The number of hydrogen-bond donors (Lipinski definition) is 1. The molecular formula is C18H21NO2. The van der Waals surface area contributed by atoms with Crippen molar-refractivity contribution in [2.45, 2.75) is 38.2 Å². The van der Waals surface area contributed by atoms with Gasteiger partial charge in [-0.2, -0.15) is 0 Å². The van der Waals surface area contributed by atoms with Crippen LogP contribution in [-0.4, -0.2) is 17.2 Å². The van der Waals surface area contributed by atoms with Crippen molar-refractivity contribution < 1.29 is 9.84 Å². The van der Waals surface area contributed by atoms with Crippen LogP contribution in [0.1, 0.15) is 47.2 Å². The molecule has 1 aliphatic carbocycles. The van der Waals surface area contributed by atoms with Gasteiger partial charge in [-0.15, -0.1) is 0 Å². The molecule has 0 saturated carbocycles. The maximum atomic E-state index is 10.9. The highest BCUT2D eigenvalue weighted by Crippen LogP contribution is 2.41. The van der Waals surface area contributed by atoms with Crippen molar-refractivity contribution in [3.05, 3.63) is 58.9 Å². The Bertz CT molecular complexity index is 639. The maximum Gasteiger partial charge on any atom is 0.124 e. The molecule has 110 valence electrons. The van der Waals surface area contributed by atoms with Crippen LogP contribution in [-0.2, 0) is 6.42 Å². The summed E-state index contributed by atoms with van der Waals surface area (Å²) in [5, 5.41) is 10.9. The van der Waals surface area contributed by atoms with Crippen molar-refractivity contribution in [1.29, 1.82) is 0 Å². The number of rotatable bonds is 3. The van der Waals surface area contributed by atoms with E-state index in [2.05, 4.69) is 11.1 Å². The van der Waals surface area contributed by atoms with Crippen molar-refractivity contribution in [2.75, 3.05) is 7.11 Å². The van der Waals surface area contributed by atoms with Crippen molar-refractivity contribution in [3.63, 3.8) is 0 Å². The largest absolute Gasteiger partial charge is 0.496 e. The van der Waals surface area contributed by atoms with E-state index in [0.717, 1.165) is 41.8 Å². The van der Waals surface area contributed by atoms with Crippen LogP contribution in [0.25, 0.3) is 0 Å². The topological polar surface area (TPSA) is 42.4 Å². The summed E-state index contributed by atoms with van der Waals surface area (Å²) in [5.74, 6) is 0.793. The quantitative estimate of drug-likeness (QED) is 0.936. The Morgan fingerprint density at radius 3 is 3.00 bits per heavy atom. The van der Waals surface area contributed by atoms with Crippen LogP contribution in [0, 0.1) is 6.92 Å². The SMILES string of the molecule is COc1ccc(C)cc1C(O)C1CCCc2cccnc21. The van der Waals surface area contributed by atoms with Gasteiger partial charge in [0.25, 0.3) is 0 Å². The molecule has 0 radical (unpaired) electrons. The molecule has 1 heterocycles. The van der Waals surface area contributed by atoms with Gasteiger partial charge in [0.15, 0.2) is 0 Å². The highest BCUT2D eigenvalue weighted by molar-refractivity contribution is 5.41. The zero-order chi connectivity index (χ0) is 14.8. The molecule has 2 aromatic rings. The van der Waals surface area contributed by atoms with Gasteiger partial charge < -0.3 is 9.84 Å². The first-order chi connectivity index (χ1) is 10.2. The molecule has 1 aromatic carbocycles. The minimum atomic E-state index is -0.575. The lowest BCUT2D eigenvalue weighted by Crippen LogP contribution is -2.19. The molecule has 0 amide bonds. The number of methoxy groups -OCH3 is 1.